The molecule has 0 heterocycles. The molecule has 2 aromatic rings. The van der Waals surface area contributed by atoms with Gasteiger partial charge in [0.15, 0.2) is 6.10 Å². The smallest absolute Gasteiger partial charge is 0.335 e. The maximum Gasteiger partial charge on any atom is 0.335 e. The van der Waals surface area contributed by atoms with Gasteiger partial charge in [-0.25, -0.2) is 4.79 Å². The summed E-state index contributed by atoms with van der Waals surface area (Å²) in [5, 5.41) is 12.5. The van der Waals surface area contributed by atoms with Gasteiger partial charge in [-0.2, -0.15) is 0 Å². The first-order valence-electron chi connectivity index (χ1n) is 10.6. The monoisotopic (exact) mass is 428 g/mol. The van der Waals surface area contributed by atoms with Gasteiger partial charge in [0.25, 0.3) is 8.32 Å². The van der Waals surface area contributed by atoms with Crippen LogP contribution in [0.5, 0.6) is 0 Å². The maximum atomic E-state index is 12.0. The van der Waals surface area contributed by atoms with E-state index in [2.05, 4.69) is 69.3 Å². The van der Waals surface area contributed by atoms with Crippen molar-refractivity contribution in [1.29, 1.82) is 0 Å². The quantitative estimate of drug-likeness (QED) is 0.392. The van der Waals surface area contributed by atoms with Crippen molar-refractivity contribution in [3.63, 3.8) is 0 Å². The normalized spacial score (nSPS) is 13.7. The van der Waals surface area contributed by atoms with Gasteiger partial charge in [-0.3, -0.25) is 0 Å². The fourth-order valence-corrected chi connectivity index (χ4v) is 8.36. The Balaban J connectivity index is 2.20. The highest BCUT2D eigenvalue weighted by atomic mass is 28.4. The van der Waals surface area contributed by atoms with Crippen molar-refractivity contribution in [3.05, 3.63) is 60.7 Å². The van der Waals surface area contributed by atoms with Gasteiger partial charge in [0, 0.05) is 6.61 Å². The van der Waals surface area contributed by atoms with Crippen molar-refractivity contribution in [2.24, 2.45) is 0 Å². The maximum absolute atomic E-state index is 12.0. The number of esters is 1. The summed E-state index contributed by atoms with van der Waals surface area (Å²) in [5.74, 6) is -0.576. The Kier molecular flexibility index (Phi) is 8.03. The van der Waals surface area contributed by atoms with E-state index in [0.29, 0.717) is 19.4 Å². The van der Waals surface area contributed by atoms with E-state index in [1.807, 2.05) is 12.1 Å². The van der Waals surface area contributed by atoms with Crippen molar-refractivity contribution in [1.82, 2.24) is 0 Å². The summed E-state index contributed by atoms with van der Waals surface area (Å²) in [6, 6.07) is 20.9. The predicted octanol–water partition coefficient (Wildman–Crippen LogP) is 4.05. The van der Waals surface area contributed by atoms with Gasteiger partial charge in [-0.1, -0.05) is 81.4 Å². The Morgan fingerprint density at radius 1 is 0.900 bits per heavy atom. The molecule has 0 amide bonds. The third kappa shape index (κ3) is 6.03. The molecular weight excluding hydrogens is 392 g/mol. The lowest BCUT2D eigenvalue weighted by molar-refractivity contribution is -0.165. The average molecular weight is 429 g/mol. The number of rotatable bonds is 8. The van der Waals surface area contributed by atoms with Gasteiger partial charge < -0.3 is 14.3 Å². The van der Waals surface area contributed by atoms with E-state index in [-0.39, 0.29) is 5.04 Å². The van der Waals surface area contributed by atoms with Crippen LogP contribution < -0.4 is 10.4 Å². The summed E-state index contributed by atoms with van der Waals surface area (Å²) in [7, 11) is -2.58. The molecule has 0 bridgehead atoms. The highest BCUT2D eigenvalue weighted by Gasteiger charge is 2.49. The molecule has 1 N–H and O–H groups in total. The first-order valence-corrected chi connectivity index (χ1v) is 12.5. The van der Waals surface area contributed by atoms with Crippen LogP contribution in [0.15, 0.2) is 60.7 Å². The van der Waals surface area contributed by atoms with Crippen LogP contribution in [0.3, 0.4) is 0 Å². The van der Waals surface area contributed by atoms with Crippen molar-refractivity contribution < 1.29 is 19.1 Å². The molecule has 0 aromatic heterocycles. The molecule has 0 saturated heterocycles. The molecule has 0 fully saturated rings. The minimum Gasteiger partial charge on any atom is -0.458 e. The highest BCUT2D eigenvalue weighted by molar-refractivity contribution is 6.99. The molecule has 0 spiro atoms. The molecule has 30 heavy (non-hydrogen) atoms. The number of aliphatic hydroxyl groups is 1. The molecule has 2 rings (SSSR count). The van der Waals surface area contributed by atoms with Crippen LogP contribution >= 0.6 is 0 Å². The van der Waals surface area contributed by atoms with Gasteiger partial charge in [0.2, 0.25) is 0 Å². The number of carbonyl (C=O) groups excluding carboxylic acids is 1. The van der Waals surface area contributed by atoms with Crippen LogP contribution in [0.2, 0.25) is 5.04 Å². The molecule has 1 atom stereocenters. The molecule has 0 radical (unpaired) electrons. The lowest BCUT2D eigenvalue weighted by Gasteiger charge is -2.43. The number of hydrogen-bond donors (Lipinski definition) is 1. The number of benzene rings is 2. The molecule has 0 aliphatic rings. The van der Waals surface area contributed by atoms with Crippen LogP contribution in [-0.2, 0) is 14.0 Å². The Bertz CT molecular complexity index is 752. The molecule has 164 valence electrons. The lowest BCUT2D eigenvalue weighted by atomic mass is 10.1. The minimum absolute atomic E-state index is 0.0977. The van der Waals surface area contributed by atoms with E-state index >= 15 is 0 Å². The van der Waals surface area contributed by atoms with Crippen LogP contribution in [0.4, 0.5) is 0 Å². The number of carbonyl (C=O) groups is 1. The fourth-order valence-electron chi connectivity index (χ4n) is 3.75. The number of ether oxygens (including phenoxy) is 1. The molecule has 4 nitrogen and oxygen atoms in total. The first kappa shape index (κ1) is 24.3. The molecule has 5 heteroatoms. The number of hydrogen-bond acceptors (Lipinski definition) is 4. The zero-order chi connectivity index (χ0) is 22.4. The SMILES string of the molecule is CC(C)(C)OC(=O)C(O)CCCO[Si](c1ccccc1)(c1ccccc1)C(C)(C)C. The summed E-state index contributed by atoms with van der Waals surface area (Å²) >= 11 is 0. The van der Waals surface area contributed by atoms with Crippen molar-refractivity contribution in [2.75, 3.05) is 6.61 Å². The Morgan fingerprint density at radius 3 is 1.77 bits per heavy atom. The van der Waals surface area contributed by atoms with E-state index in [4.69, 9.17) is 9.16 Å². The highest BCUT2D eigenvalue weighted by Crippen LogP contribution is 2.36. The minimum atomic E-state index is -2.58. The molecule has 1 unspecified atom stereocenters. The van der Waals surface area contributed by atoms with Crippen LogP contribution in [0.1, 0.15) is 54.4 Å². The second-order valence-corrected chi connectivity index (χ2v) is 14.0. The third-order valence-electron chi connectivity index (χ3n) is 5.04. The second kappa shape index (κ2) is 9.90. The van der Waals surface area contributed by atoms with Crippen LogP contribution in [0.25, 0.3) is 0 Å². The van der Waals surface area contributed by atoms with Gasteiger partial charge in [0.1, 0.15) is 5.60 Å². The van der Waals surface area contributed by atoms with E-state index in [9.17, 15) is 9.90 Å². The second-order valence-electron chi connectivity index (χ2n) is 9.70. The average Bonchev–Trinajstić information content (AvgIpc) is 2.67. The van der Waals surface area contributed by atoms with Crippen molar-refractivity contribution in [3.8, 4) is 0 Å². The number of aliphatic hydroxyl groups excluding tert-OH is 1. The zero-order valence-electron chi connectivity index (χ0n) is 19.1. The molecule has 0 aliphatic heterocycles. The van der Waals surface area contributed by atoms with E-state index < -0.39 is 26.0 Å². The first-order chi connectivity index (χ1) is 14.0. The summed E-state index contributed by atoms with van der Waals surface area (Å²) in [4.78, 5) is 12.0. The van der Waals surface area contributed by atoms with Crippen molar-refractivity contribution >= 4 is 24.7 Å². The van der Waals surface area contributed by atoms with Gasteiger partial charge in [0.05, 0.1) is 0 Å². The lowest BCUT2D eigenvalue weighted by Crippen LogP contribution is -2.66. The van der Waals surface area contributed by atoms with Crippen LogP contribution in [0, 0.1) is 0 Å². The largest absolute Gasteiger partial charge is 0.458 e. The topological polar surface area (TPSA) is 55.8 Å². The van der Waals surface area contributed by atoms with E-state index in [1.165, 1.54) is 10.4 Å². The fraction of sp³-hybridized carbons (Fsp3) is 0.480. The van der Waals surface area contributed by atoms with Crippen LogP contribution in [-0.4, -0.2) is 37.7 Å². The van der Waals surface area contributed by atoms with Gasteiger partial charge in [-0.15, -0.1) is 0 Å². The molecule has 2 aromatic carbocycles. The molecular formula is C25H36O4Si. The summed E-state index contributed by atoms with van der Waals surface area (Å²) in [6.45, 7) is 12.5. The third-order valence-corrected chi connectivity index (χ3v) is 10.1. The summed E-state index contributed by atoms with van der Waals surface area (Å²) in [6.07, 6.45) is -0.246. The Morgan fingerprint density at radius 2 is 1.37 bits per heavy atom. The molecule has 0 aliphatic carbocycles. The predicted molar refractivity (Wildman–Crippen MR) is 125 cm³/mol. The summed E-state index contributed by atoms with van der Waals surface area (Å²) < 4.78 is 12.0. The Hall–Kier alpha value is -1.95. The van der Waals surface area contributed by atoms with Gasteiger partial charge >= 0.3 is 5.97 Å². The molecule has 0 saturated carbocycles. The van der Waals surface area contributed by atoms with Gasteiger partial charge in [-0.05, 0) is 49.0 Å². The Labute approximate surface area is 182 Å². The zero-order valence-corrected chi connectivity index (χ0v) is 20.1. The van der Waals surface area contributed by atoms with E-state index in [0.717, 1.165) is 0 Å². The van der Waals surface area contributed by atoms with Crippen molar-refractivity contribution in [2.45, 2.75) is 71.1 Å². The van der Waals surface area contributed by atoms with E-state index in [1.54, 1.807) is 20.8 Å². The summed E-state index contributed by atoms with van der Waals surface area (Å²) in [5.41, 5.74) is -0.608. The standard InChI is InChI=1S/C25H36O4Si/c1-24(2,3)29-23(27)22(26)18-13-19-28-30(25(4,5)6,20-14-9-7-10-15-20)21-16-11-8-12-17-21/h7-12,14-17,22,26H,13,18-19H2,1-6H3.